The highest BCUT2D eigenvalue weighted by molar-refractivity contribution is 7.90. The molecule has 28 heavy (non-hydrogen) atoms. The molecule has 0 spiro atoms. The van der Waals surface area contributed by atoms with Gasteiger partial charge in [-0.25, -0.2) is 12.7 Å². The molecule has 1 heterocycles. The summed E-state index contributed by atoms with van der Waals surface area (Å²) in [6.07, 6.45) is 0.504. The molecule has 0 aliphatic carbocycles. The Hall–Kier alpha value is -2.38. The molecule has 1 N–H and O–H groups in total. The van der Waals surface area contributed by atoms with Gasteiger partial charge in [-0.2, -0.15) is 0 Å². The van der Waals surface area contributed by atoms with Crippen LogP contribution in [0.4, 0.5) is 0 Å². The number of nitrogens with one attached hydrogen (secondary N) is 1. The van der Waals surface area contributed by atoms with Gasteiger partial charge in [-0.1, -0.05) is 29.8 Å². The third-order valence-corrected chi connectivity index (χ3v) is 6.86. The molecule has 0 saturated carbocycles. The molecule has 0 radical (unpaired) electrons. The highest BCUT2D eigenvalue weighted by atomic mass is 35.5. The molecule has 0 aromatic heterocycles. The molecule has 0 atom stereocenters. The van der Waals surface area contributed by atoms with E-state index in [0.717, 1.165) is 9.87 Å². The normalized spacial score (nSPS) is 15.4. The first kappa shape index (κ1) is 20.4. The Morgan fingerprint density at radius 2 is 1.86 bits per heavy atom. The van der Waals surface area contributed by atoms with E-state index in [2.05, 4.69) is 5.32 Å². The van der Waals surface area contributed by atoms with Crippen LogP contribution in [0, 0.1) is 0 Å². The number of carbonyl (C=O) groups is 2. The lowest BCUT2D eigenvalue weighted by Gasteiger charge is -2.27. The van der Waals surface area contributed by atoms with Gasteiger partial charge in [0.2, 0.25) is 0 Å². The fraction of sp³-hybridized carbons (Fsp3) is 0.300. The molecule has 1 aliphatic rings. The minimum Gasteiger partial charge on any atom is -0.347 e. The van der Waals surface area contributed by atoms with Crippen LogP contribution in [0.25, 0.3) is 0 Å². The largest absolute Gasteiger partial charge is 0.347 e. The van der Waals surface area contributed by atoms with Gasteiger partial charge in [0.1, 0.15) is 4.90 Å². The Labute approximate surface area is 169 Å². The summed E-state index contributed by atoms with van der Waals surface area (Å²) in [5.74, 6) is -0.985. The second-order valence-electron chi connectivity index (χ2n) is 7.29. The molecule has 2 aromatic carbocycles. The molecule has 148 valence electrons. The first-order valence-electron chi connectivity index (χ1n) is 8.84. The summed E-state index contributed by atoms with van der Waals surface area (Å²) in [5.41, 5.74) is 0.551. The zero-order valence-corrected chi connectivity index (χ0v) is 17.4. The van der Waals surface area contributed by atoms with Crippen molar-refractivity contribution >= 4 is 33.4 Å². The van der Waals surface area contributed by atoms with E-state index in [4.69, 9.17) is 11.6 Å². The van der Waals surface area contributed by atoms with Crippen LogP contribution >= 0.6 is 11.6 Å². The van der Waals surface area contributed by atoms with Crippen LogP contribution in [0.2, 0.25) is 5.02 Å². The molecule has 1 aliphatic heterocycles. The van der Waals surface area contributed by atoms with E-state index in [-0.39, 0.29) is 22.6 Å². The van der Waals surface area contributed by atoms with E-state index in [9.17, 15) is 18.0 Å². The summed E-state index contributed by atoms with van der Waals surface area (Å²) in [7, 11) is -3.91. The number of benzene rings is 2. The van der Waals surface area contributed by atoms with Crippen LogP contribution in [0.3, 0.4) is 0 Å². The summed E-state index contributed by atoms with van der Waals surface area (Å²) in [4.78, 5) is 24.8. The molecule has 6 nitrogen and oxygen atoms in total. The third kappa shape index (κ3) is 3.64. The van der Waals surface area contributed by atoms with Crippen molar-refractivity contribution in [2.24, 2.45) is 0 Å². The molecular weight excluding hydrogens is 400 g/mol. The minimum atomic E-state index is -3.91. The van der Waals surface area contributed by atoms with Crippen molar-refractivity contribution < 1.29 is 18.0 Å². The van der Waals surface area contributed by atoms with Gasteiger partial charge in [-0.3, -0.25) is 9.59 Å². The van der Waals surface area contributed by atoms with Crippen molar-refractivity contribution in [3.05, 3.63) is 64.2 Å². The van der Waals surface area contributed by atoms with Gasteiger partial charge in [0.05, 0.1) is 5.56 Å². The van der Waals surface area contributed by atoms with E-state index in [0.29, 0.717) is 11.4 Å². The van der Waals surface area contributed by atoms with Crippen LogP contribution < -0.4 is 5.32 Å². The van der Waals surface area contributed by atoms with Crippen LogP contribution in [0.1, 0.15) is 47.1 Å². The summed E-state index contributed by atoms with van der Waals surface area (Å²) >= 11 is 6.20. The van der Waals surface area contributed by atoms with Crippen molar-refractivity contribution in [3.8, 4) is 0 Å². The van der Waals surface area contributed by atoms with Gasteiger partial charge < -0.3 is 5.32 Å². The van der Waals surface area contributed by atoms with Crippen molar-refractivity contribution in [2.75, 3.05) is 6.54 Å². The molecule has 3 rings (SSSR count). The highest BCUT2D eigenvalue weighted by Gasteiger charge is 2.40. The number of halogens is 1. The number of nitrogens with zero attached hydrogens (tertiary/aromatic N) is 1. The summed E-state index contributed by atoms with van der Waals surface area (Å²) in [6, 6.07) is 11.5. The predicted molar refractivity (Wildman–Crippen MR) is 107 cm³/mol. The SMILES string of the molecule is CCN1C(=O)c2ccc(C(=O)NC(C)(C)Cc3ccccc3Cl)cc2S1(=O)=O. The van der Waals surface area contributed by atoms with E-state index in [1.165, 1.54) is 18.2 Å². The second kappa shape index (κ2) is 7.22. The number of rotatable bonds is 5. The second-order valence-corrected chi connectivity index (χ2v) is 9.53. The van der Waals surface area contributed by atoms with Crippen LogP contribution in [-0.2, 0) is 16.4 Å². The molecule has 0 saturated heterocycles. The van der Waals surface area contributed by atoms with Gasteiger partial charge in [0.15, 0.2) is 0 Å². The third-order valence-electron chi connectivity index (χ3n) is 4.60. The monoisotopic (exact) mass is 420 g/mol. The Morgan fingerprint density at radius 1 is 1.18 bits per heavy atom. The molecule has 0 fully saturated rings. The van der Waals surface area contributed by atoms with Crippen LogP contribution in [0.15, 0.2) is 47.4 Å². The number of amides is 2. The summed E-state index contributed by atoms with van der Waals surface area (Å²) in [5, 5.41) is 3.53. The summed E-state index contributed by atoms with van der Waals surface area (Å²) < 4.78 is 25.9. The topological polar surface area (TPSA) is 83.6 Å². The molecule has 0 unspecified atom stereocenters. The maximum absolute atomic E-state index is 12.7. The number of hydrogen-bond acceptors (Lipinski definition) is 4. The van der Waals surface area contributed by atoms with Gasteiger partial charge in [-0.05, 0) is 57.0 Å². The van der Waals surface area contributed by atoms with E-state index < -0.39 is 27.4 Å². The molecular formula is C20H21ClN2O4S. The standard InChI is InChI=1S/C20H21ClN2O4S/c1-4-23-19(25)15-10-9-13(11-17(15)28(23,26)27)18(24)22-20(2,3)12-14-7-5-6-8-16(14)21/h5-11H,4,12H2,1-3H3,(H,22,24). The van der Waals surface area contributed by atoms with Gasteiger partial charge in [0, 0.05) is 22.7 Å². The molecule has 0 bridgehead atoms. The molecule has 2 amide bonds. The van der Waals surface area contributed by atoms with Crippen LogP contribution in [0.5, 0.6) is 0 Å². The lowest BCUT2D eigenvalue weighted by atomic mass is 9.94. The number of fused-ring (bicyclic) bond motifs is 1. The zero-order chi connectivity index (χ0) is 20.7. The minimum absolute atomic E-state index is 0.0439. The lowest BCUT2D eigenvalue weighted by molar-refractivity contribution is 0.0872. The Kier molecular flexibility index (Phi) is 5.25. The van der Waals surface area contributed by atoms with Gasteiger partial charge in [0.25, 0.3) is 21.8 Å². The molecule has 2 aromatic rings. The average molecular weight is 421 g/mol. The highest BCUT2D eigenvalue weighted by Crippen LogP contribution is 2.31. The fourth-order valence-corrected chi connectivity index (χ4v) is 5.08. The first-order valence-corrected chi connectivity index (χ1v) is 10.7. The number of carbonyl (C=O) groups excluding carboxylic acids is 2. The van der Waals surface area contributed by atoms with Crippen molar-refractivity contribution in [1.29, 1.82) is 0 Å². The Bertz CT molecular complexity index is 1060. The smallest absolute Gasteiger partial charge is 0.268 e. The maximum Gasteiger partial charge on any atom is 0.268 e. The van der Waals surface area contributed by atoms with Crippen LogP contribution in [-0.4, -0.2) is 36.6 Å². The summed E-state index contributed by atoms with van der Waals surface area (Å²) in [6.45, 7) is 5.36. The lowest BCUT2D eigenvalue weighted by Crippen LogP contribution is -2.45. The van der Waals surface area contributed by atoms with Gasteiger partial charge in [-0.15, -0.1) is 0 Å². The zero-order valence-electron chi connectivity index (χ0n) is 15.8. The first-order chi connectivity index (χ1) is 13.1. The number of sulfonamides is 1. The van der Waals surface area contributed by atoms with Crippen molar-refractivity contribution in [3.63, 3.8) is 0 Å². The predicted octanol–water partition coefficient (Wildman–Crippen LogP) is 3.26. The fourth-order valence-electron chi connectivity index (χ4n) is 3.27. The van der Waals surface area contributed by atoms with Gasteiger partial charge >= 0.3 is 0 Å². The maximum atomic E-state index is 12.7. The number of hydrogen-bond donors (Lipinski definition) is 1. The molecule has 8 heteroatoms. The Balaban J connectivity index is 1.85. The van der Waals surface area contributed by atoms with E-state index in [1.54, 1.807) is 13.0 Å². The quantitative estimate of drug-likeness (QED) is 0.804. The van der Waals surface area contributed by atoms with Crippen molar-refractivity contribution in [1.82, 2.24) is 9.62 Å². The van der Waals surface area contributed by atoms with Crippen molar-refractivity contribution in [2.45, 2.75) is 37.6 Å². The Morgan fingerprint density at radius 3 is 2.50 bits per heavy atom. The average Bonchev–Trinajstić information content (AvgIpc) is 2.81. The van der Waals surface area contributed by atoms with E-state index >= 15 is 0 Å². The van der Waals surface area contributed by atoms with E-state index in [1.807, 2.05) is 32.0 Å².